The van der Waals surface area contributed by atoms with Gasteiger partial charge in [0.1, 0.15) is 0 Å². The molecule has 25 heavy (non-hydrogen) atoms. The molecule has 0 aliphatic heterocycles. The van der Waals surface area contributed by atoms with Crippen LogP contribution in [0.15, 0.2) is 48.5 Å². The molecule has 2 aromatic rings. The van der Waals surface area contributed by atoms with E-state index in [0.29, 0.717) is 6.42 Å². The second kappa shape index (κ2) is 8.82. The monoisotopic (exact) mass is 345 g/mol. The van der Waals surface area contributed by atoms with Crippen molar-refractivity contribution < 1.29 is 23.8 Å². The van der Waals surface area contributed by atoms with Crippen molar-refractivity contribution in [1.29, 1.82) is 0 Å². The number of hydrogen-bond acceptors (Lipinski definition) is 3. The van der Waals surface area contributed by atoms with Crippen molar-refractivity contribution in [2.75, 3.05) is 13.2 Å². The van der Waals surface area contributed by atoms with Crippen LogP contribution < -0.4 is 10.1 Å². The van der Waals surface area contributed by atoms with Crippen molar-refractivity contribution in [3.8, 4) is 5.75 Å². The largest absolute Gasteiger partial charge is 0.481 e. The number of carboxylic acids is 1. The molecule has 0 heterocycles. The topological polar surface area (TPSA) is 75.6 Å². The highest BCUT2D eigenvalue weighted by Crippen LogP contribution is 2.15. The molecule has 0 saturated heterocycles. The molecule has 0 spiro atoms. The Kier molecular flexibility index (Phi) is 6.51. The van der Waals surface area contributed by atoms with Crippen molar-refractivity contribution in [2.24, 2.45) is 5.92 Å². The number of para-hydroxylation sites is 1. The highest BCUT2D eigenvalue weighted by Gasteiger charge is 2.19. The number of rotatable bonds is 8. The Bertz CT molecular complexity index is 748. The van der Waals surface area contributed by atoms with E-state index in [-0.39, 0.29) is 18.9 Å². The molecule has 2 rings (SSSR count). The molecule has 5 nitrogen and oxygen atoms in total. The molecule has 0 aliphatic carbocycles. The molecule has 0 radical (unpaired) electrons. The molecule has 1 amide bonds. The Morgan fingerprint density at radius 1 is 1.20 bits per heavy atom. The van der Waals surface area contributed by atoms with Gasteiger partial charge in [0.15, 0.2) is 18.2 Å². The van der Waals surface area contributed by atoms with Gasteiger partial charge in [0.25, 0.3) is 5.91 Å². The van der Waals surface area contributed by atoms with Crippen LogP contribution in [-0.2, 0) is 16.0 Å². The number of aliphatic carboxylic acids is 1. The van der Waals surface area contributed by atoms with Crippen molar-refractivity contribution in [3.63, 3.8) is 0 Å². The van der Waals surface area contributed by atoms with Crippen LogP contribution in [0.2, 0.25) is 0 Å². The highest BCUT2D eigenvalue weighted by molar-refractivity contribution is 5.78. The highest BCUT2D eigenvalue weighted by atomic mass is 19.1. The third kappa shape index (κ3) is 5.91. The van der Waals surface area contributed by atoms with Crippen molar-refractivity contribution in [3.05, 3.63) is 65.5 Å². The zero-order valence-electron chi connectivity index (χ0n) is 13.9. The second-order valence-electron chi connectivity index (χ2n) is 5.75. The van der Waals surface area contributed by atoms with Gasteiger partial charge in [-0.15, -0.1) is 0 Å². The number of nitrogens with one attached hydrogen (secondary N) is 1. The molecule has 132 valence electrons. The summed E-state index contributed by atoms with van der Waals surface area (Å²) in [5.74, 6) is -2.82. The molecule has 0 fully saturated rings. The maximum absolute atomic E-state index is 13.4. The Hall–Kier alpha value is -2.89. The van der Waals surface area contributed by atoms with E-state index < -0.39 is 23.6 Å². The number of hydrogen-bond donors (Lipinski definition) is 2. The van der Waals surface area contributed by atoms with Gasteiger partial charge < -0.3 is 15.2 Å². The van der Waals surface area contributed by atoms with Gasteiger partial charge in [-0.3, -0.25) is 9.59 Å². The lowest BCUT2D eigenvalue weighted by molar-refractivity contribution is -0.141. The van der Waals surface area contributed by atoms with Crippen LogP contribution in [0.5, 0.6) is 5.75 Å². The zero-order chi connectivity index (χ0) is 18.2. The molecule has 1 unspecified atom stereocenters. The Balaban J connectivity index is 1.85. The summed E-state index contributed by atoms with van der Waals surface area (Å²) in [7, 11) is 0. The number of aryl methyl sites for hydroxylation is 1. The normalized spacial score (nSPS) is 11.6. The average Bonchev–Trinajstić information content (AvgIpc) is 2.57. The average molecular weight is 345 g/mol. The maximum atomic E-state index is 13.4. The van der Waals surface area contributed by atoms with E-state index in [4.69, 9.17) is 4.74 Å². The van der Waals surface area contributed by atoms with Crippen LogP contribution >= 0.6 is 0 Å². The van der Waals surface area contributed by atoms with Gasteiger partial charge in [-0.1, -0.05) is 42.0 Å². The first-order chi connectivity index (χ1) is 12.0. The number of ether oxygens (including phenoxy) is 1. The van der Waals surface area contributed by atoms with Gasteiger partial charge in [0, 0.05) is 6.54 Å². The molecule has 0 bridgehead atoms. The van der Waals surface area contributed by atoms with Gasteiger partial charge in [0.2, 0.25) is 0 Å². The summed E-state index contributed by atoms with van der Waals surface area (Å²) in [5, 5.41) is 11.9. The number of carboxylic acid groups (broad SMARTS) is 1. The van der Waals surface area contributed by atoms with Crippen molar-refractivity contribution in [2.45, 2.75) is 13.3 Å². The summed E-state index contributed by atoms with van der Waals surface area (Å²) in [6.07, 6.45) is 0.311. The third-order valence-corrected chi connectivity index (χ3v) is 3.65. The van der Waals surface area contributed by atoms with Gasteiger partial charge >= 0.3 is 5.97 Å². The molecular formula is C19H20FNO4. The summed E-state index contributed by atoms with van der Waals surface area (Å²) < 4.78 is 18.5. The summed E-state index contributed by atoms with van der Waals surface area (Å²) >= 11 is 0. The van der Waals surface area contributed by atoms with E-state index in [1.165, 1.54) is 18.2 Å². The fraction of sp³-hybridized carbons (Fsp3) is 0.263. The van der Waals surface area contributed by atoms with E-state index in [1.54, 1.807) is 6.07 Å². The predicted octanol–water partition coefficient (Wildman–Crippen LogP) is 2.57. The Labute approximate surface area is 145 Å². The minimum atomic E-state index is -0.989. The van der Waals surface area contributed by atoms with Gasteiger partial charge in [-0.05, 0) is 31.0 Å². The molecule has 2 aromatic carbocycles. The molecule has 6 heteroatoms. The summed E-state index contributed by atoms with van der Waals surface area (Å²) in [6, 6.07) is 13.3. The van der Waals surface area contributed by atoms with Crippen LogP contribution in [0.1, 0.15) is 11.1 Å². The van der Waals surface area contributed by atoms with E-state index in [9.17, 15) is 19.1 Å². The first kappa shape index (κ1) is 18.4. The molecule has 1 atom stereocenters. The van der Waals surface area contributed by atoms with E-state index in [0.717, 1.165) is 11.1 Å². The summed E-state index contributed by atoms with van der Waals surface area (Å²) in [4.78, 5) is 23.2. The minimum Gasteiger partial charge on any atom is -0.481 e. The smallest absolute Gasteiger partial charge is 0.308 e. The number of carbonyl (C=O) groups is 2. The van der Waals surface area contributed by atoms with E-state index in [1.807, 2.05) is 31.2 Å². The second-order valence-corrected chi connectivity index (χ2v) is 5.75. The van der Waals surface area contributed by atoms with Gasteiger partial charge in [-0.25, -0.2) is 4.39 Å². The van der Waals surface area contributed by atoms with E-state index >= 15 is 0 Å². The molecular weight excluding hydrogens is 325 g/mol. The summed E-state index contributed by atoms with van der Waals surface area (Å²) in [5.41, 5.74) is 1.94. The third-order valence-electron chi connectivity index (χ3n) is 3.65. The van der Waals surface area contributed by atoms with Crippen molar-refractivity contribution >= 4 is 11.9 Å². The van der Waals surface area contributed by atoms with Crippen LogP contribution in [0.25, 0.3) is 0 Å². The SMILES string of the molecule is Cc1cccc(CC(CNC(=O)COc2ccccc2F)C(=O)O)c1. The molecule has 0 aromatic heterocycles. The van der Waals surface area contributed by atoms with Gasteiger partial charge in [-0.2, -0.15) is 0 Å². The fourth-order valence-electron chi connectivity index (χ4n) is 2.36. The number of halogens is 1. The van der Waals surface area contributed by atoms with Crippen LogP contribution in [0, 0.1) is 18.7 Å². The summed E-state index contributed by atoms with van der Waals surface area (Å²) in [6.45, 7) is 1.53. The lowest BCUT2D eigenvalue weighted by Gasteiger charge is -2.14. The van der Waals surface area contributed by atoms with Crippen molar-refractivity contribution in [1.82, 2.24) is 5.32 Å². The Morgan fingerprint density at radius 2 is 1.96 bits per heavy atom. The first-order valence-electron chi connectivity index (χ1n) is 7.88. The number of amides is 1. The molecule has 0 saturated carbocycles. The Morgan fingerprint density at radius 3 is 2.64 bits per heavy atom. The van der Waals surface area contributed by atoms with E-state index in [2.05, 4.69) is 5.32 Å². The molecule has 2 N–H and O–H groups in total. The zero-order valence-corrected chi connectivity index (χ0v) is 13.9. The number of benzene rings is 2. The van der Waals surface area contributed by atoms with Gasteiger partial charge in [0.05, 0.1) is 5.92 Å². The predicted molar refractivity (Wildman–Crippen MR) is 90.9 cm³/mol. The maximum Gasteiger partial charge on any atom is 0.308 e. The van der Waals surface area contributed by atoms with Crippen LogP contribution in [0.4, 0.5) is 4.39 Å². The van der Waals surface area contributed by atoms with Crippen LogP contribution in [-0.4, -0.2) is 30.1 Å². The lowest BCUT2D eigenvalue weighted by Crippen LogP contribution is -2.36. The first-order valence-corrected chi connectivity index (χ1v) is 7.88. The van der Waals surface area contributed by atoms with Crippen LogP contribution in [0.3, 0.4) is 0 Å². The standard InChI is InChI=1S/C19H20FNO4/c1-13-5-4-6-14(9-13)10-15(19(23)24)11-21-18(22)12-25-17-8-3-2-7-16(17)20/h2-9,15H,10-12H2,1H3,(H,21,22)(H,23,24). The fourth-order valence-corrected chi connectivity index (χ4v) is 2.36. The number of carbonyl (C=O) groups excluding carboxylic acids is 1. The molecule has 0 aliphatic rings. The minimum absolute atomic E-state index is 0.0211. The lowest BCUT2D eigenvalue weighted by atomic mass is 9.98. The quantitative estimate of drug-likeness (QED) is 0.771.